The van der Waals surface area contributed by atoms with Crippen LogP contribution in [0.25, 0.3) is 21.8 Å². The standard InChI is InChI=1S/C12H6Cl2N2O/c13-9-6-5-8-7-3-1-2-4-10(7)16(15-17)12(8)11(9)14/h1-6H. The van der Waals surface area contributed by atoms with Gasteiger partial charge in [0.05, 0.1) is 26.4 Å². The van der Waals surface area contributed by atoms with Crippen molar-refractivity contribution in [3.8, 4) is 0 Å². The number of para-hydroxylation sites is 1. The second-order valence-electron chi connectivity index (χ2n) is 3.67. The maximum absolute atomic E-state index is 11.0. The molecule has 0 aliphatic heterocycles. The molecule has 0 amide bonds. The van der Waals surface area contributed by atoms with Gasteiger partial charge in [-0.2, -0.15) is 4.68 Å². The first-order valence-corrected chi connectivity index (χ1v) is 5.70. The Hall–Kier alpha value is -1.58. The second-order valence-corrected chi connectivity index (χ2v) is 4.45. The van der Waals surface area contributed by atoms with Gasteiger partial charge in [0.2, 0.25) is 0 Å². The average molecular weight is 265 g/mol. The van der Waals surface area contributed by atoms with Crippen LogP contribution in [0.5, 0.6) is 0 Å². The van der Waals surface area contributed by atoms with Gasteiger partial charge in [-0.1, -0.05) is 47.5 Å². The molecule has 0 bridgehead atoms. The van der Waals surface area contributed by atoms with E-state index in [-0.39, 0.29) is 0 Å². The molecule has 17 heavy (non-hydrogen) atoms. The van der Waals surface area contributed by atoms with Crippen LogP contribution in [0, 0.1) is 4.91 Å². The lowest BCUT2D eigenvalue weighted by Crippen LogP contribution is -1.86. The number of benzene rings is 2. The molecule has 0 saturated carbocycles. The minimum absolute atomic E-state index is 0.347. The molecule has 0 spiro atoms. The number of fused-ring (bicyclic) bond motifs is 3. The van der Waals surface area contributed by atoms with Crippen LogP contribution in [0.4, 0.5) is 0 Å². The molecule has 3 aromatic rings. The van der Waals surface area contributed by atoms with E-state index in [2.05, 4.69) is 5.29 Å². The molecule has 3 rings (SSSR count). The SMILES string of the molecule is O=Nn1c2ccccc2c2ccc(Cl)c(Cl)c21. The van der Waals surface area contributed by atoms with Gasteiger partial charge in [0.1, 0.15) is 0 Å². The van der Waals surface area contributed by atoms with Crippen molar-refractivity contribution in [2.45, 2.75) is 0 Å². The van der Waals surface area contributed by atoms with Gasteiger partial charge in [-0.15, -0.1) is 4.91 Å². The molecule has 0 atom stereocenters. The van der Waals surface area contributed by atoms with Crippen molar-refractivity contribution in [3.63, 3.8) is 0 Å². The summed E-state index contributed by atoms with van der Waals surface area (Å²) in [7, 11) is 0. The number of aromatic nitrogens is 1. The minimum atomic E-state index is 0.347. The topological polar surface area (TPSA) is 34.4 Å². The maximum atomic E-state index is 11.0. The van der Waals surface area contributed by atoms with E-state index >= 15 is 0 Å². The fourth-order valence-corrected chi connectivity index (χ4v) is 2.45. The van der Waals surface area contributed by atoms with Crippen molar-refractivity contribution in [3.05, 3.63) is 51.4 Å². The largest absolute Gasteiger partial charge is 0.195 e. The van der Waals surface area contributed by atoms with E-state index in [4.69, 9.17) is 23.2 Å². The molecule has 0 aliphatic carbocycles. The second kappa shape index (κ2) is 3.72. The molecule has 1 aromatic heterocycles. The first kappa shape index (κ1) is 10.6. The first-order chi connectivity index (χ1) is 8.24. The van der Waals surface area contributed by atoms with Gasteiger partial charge in [-0.25, -0.2) is 0 Å². The lowest BCUT2D eigenvalue weighted by molar-refractivity contribution is 0.954. The van der Waals surface area contributed by atoms with E-state index < -0.39 is 0 Å². The van der Waals surface area contributed by atoms with Gasteiger partial charge in [0.25, 0.3) is 0 Å². The van der Waals surface area contributed by atoms with Crippen LogP contribution in [-0.4, -0.2) is 4.68 Å². The number of rotatable bonds is 1. The zero-order chi connectivity index (χ0) is 12.0. The van der Waals surface area contributed by atoms with E-state index in [9.17, 15) is 4.91 Å². The van der Waals surface area contributed by atoms with Crippen LogP contribution in [0.3, 0.4) is 0 Å². The zero-order valence-corrected chi connectivity index (χ0v) is 10.0. The highest BCUT2D eigenvalue weighted by atomic mass is 35.5. The van der Waals surface area contributed by atoms with Crippen molar-refractivity contribution in [1.29, 1.82) is 0 Å². The Morgan fingerprint density at radius 2 is 1.76 bits per heavy atom. The maximum Gasteiger partial charge on any atom is 0.0965 e. The summed E-state index contributed by atoms with van der Waals surface area (Å²) in [6, 6.07) is 11.0. The quantitative estimate of drug-likeness (QED) is 0.590. The Labute approximate surface area is 106 Å². The number of hydrogen-bond acceptors (Lipinski definition) is 2. The molecule has 0 fully saturated rings. The Bertz CT molecular complexity index is 749. The van der Waals surface area contributed by atoms with Crippen LogP contribution >= 0.6 is 23.2 Å². The van der Waals surface area contributed by atoms with Gasteiger partial charge >= 0.3 is 0 Å². The summed E-state index contributed by atoms with van der Waals surface area (Å²) in [5, 5.41) is 5.57. The summed E-state index contributed by atoms with van der Waals surface area (Å²) in [5.74, 6) is 0. The zero-order valence-electron chi connectivity index (χ0n) is 8.52. The van der Waals surface area contributed by atoms with Crippen LogP contribution in [0.15, 0.2) is 41.7 Å². The molecule has 0 N–H and O–H groups in total. The summed E-state index contributed by atoms with van der Waals surface area (Å²) in [4.78, 5) is 11.0. The van der Waals surface area contributed by atoms with Crippen molar-refractivity contribution >= 4 is 45.0 Å². The first-order valence-electron chi connectivity index (χ1n) is 4.95. The van der Waals surface area contributed by atoms with E-state index in [1.807, 2.05) is 30.3 Å². The molecule has 5 heteroatoms. The molecular formula is C12H6Cl2N2O. The predicted molar refractivity (Wildman–Crippen MR) is 70.7 cm³/mol. The molecule has 1 heterocycles. The number of nitrogens with zero attached hydrogens (tertiary/aromatic N) is 2. The summed E-state index contributed by atoms with van der Waals surface area (Å²) in [5.41, 5.74) is 1.28. The third-order valence-electron chi connectivity index (χ3n) is 2.78. The van der Waals surface area contributed by atoms with Crippen LogP contribution in [0.2, 0.25) is 10.0 Å². The molecule has 0 unspecified atom stereocenters. The summed E-state index contributed by atoms with van der Waals surface area (Å²) < 4.78 is 1.28. The highest BCUT2D eigenvalue weighted by molar-refractivity contribution is 6.45. The van der Waals surface area contributed by atoms with Gasteiger partial charge in [-0.3, -0.25) is 0 Å². The third kappa shape index (κ3) is 1.36. The van der Waals surface area contributed by atoms with E-state index in [1.54, 1.807) is 6.07 Å². The Morgan fingerprint density at radius 1 is 1.00 bits per heavy atom. The number of hydrogen-bond donors (Lipinski definition) is 0. The van der Waals surface area contributed by atoms with Gasteiger partial charge < -0.3 is 0 Å². The van der Waals surface area contributed by atoms with Crippen molar-refractivity contribution in [2.24, 2.45) is 5.29 Å². The van der Waals surface area contributed by atoms with Crippen LogP contribution in [0.1, 0.15) is 0 Å². The number of halogens is 2. The van der Waals surface area contributed by atoms with Crippen LogP contribution in [-0.2, 0) is 0 Å². The molecular weight excluding hydrogens is 259 g/mol. The Balaban J connectivity index is 2.68. The normalized spacial score (nSPS) is 11.2. The minimum Gasteiger partial charge on any atom is -0.195 e. The predicted octanol–water partition coefficient (Wildman–Crippen LogP) is 4.63. The summed E-state index contributed by atoms with van der Waals surface area (Å²) in [6.45, 7) is 0. The third-order valence-corrected chi connectivity index (χ3v) is 3.58. The average Bonchev–Trinajstić information content (AvgIpc) is 2.68. The van der Waals surface area contributed by atoms with E-state index in [0.717, 1.165) is 16.3 Å². The highest BCUT2D eigenvalue weighted by Gasteiger charge is 2.15. The van der Waals surface area contributed by atoms with E-state index in [0.29, 0.717) is 15.6 Å². The molecule has 2 aromatic carbocycles. The molecule has 84 valence electrons. The van der Waals surface area contributed by atoms with Gasteiger partial charge in [0, 0.05) is 10.8 Å². The van der Waals surface area contributed by atoms with E-state index in [1.165, 1.54) is 4.68 Å². The lowest BCUT2D eigenvalue weighted by atomic mass is 10.1. The van der Waals surface area contributed by atoms with Crippen molar-refractivity contribution < 1.29 is 0 Å². The number of nitroso groups, excluding NO2 is 1. The summed E-state index contributed by atoms with van der Waals surface area (Å²) in [6.07, 6.45) is 0. The fourth-order valence-electron chi connectivity index (χ4n) is 2.06. The fraction of sp³-hybridized carbons (Fsp3) is 0. The van der Waals surface area contributed by atoms with Crippen molar-refractivity contribution in [1.82, 2.24) is 4.68 Å². The monoisotopic (exact) mass is 264 g/mol. The summed E-state index contributed by atoms with van der Waals surface area (Å²) >= 11 is 12.1. The van der Waals surface area contributed by atoms with Gasteiger partial charge in [0.15, 0.2) is 0 Å². The van der Waals surface area contributed by atoms with Gasteiger partial charge in [-0.05, 0) is 12.1 Å². The highest BCUT2D eigenvalue weighted by Crippen LogP contribution is 2.36. The smallest absolute Gasteiger partial charge is 0.0965 e. The Kier molecular flexibility index (Phi) is 2.31. The molecule has 3 nitrogen and oxygen atoms in total. The molecule has 0 saturated heterocycles. The molecule has 0 aliphatic rings. The Morgan fingerprint density at radius 3 is 2.53 bits per heavy atom. The molecule has 0 radical (unpaired) electrons. The lowest BCUT2D eigenvalue weighted by Gasteiger charge is -1.99. The van der Waals surface area contributed by atoms with Crippen molar-refractivity contribution in [2.75, 3.05) is 0 Å². The van der Waals surface area contributed by atoms with Crippen LogP contribution < -0.4 is 0 Å².